The first-order valence-corrected chi connectivity index (χ1v) is 6.86. The maximum atomic E-state index is 10.8. The molecule has 96 valence electrons. The highest BCUT2D eigenvalue weighted by Crippen LogP contribution is 2.19. The van der Waals surface area contributed by atoms with Gasteiger partial charge in [0, 0.05) is 12.8 Å². The van der Waals surface area contributed by atoms with Crippen LogP contribution in [0.25, 0.3) is 11.1 Å². The third kappa shape index (κ3) is 3.14. The molecule has 0 saturated carbocycles. The second-order valence-corrected chi connectivity index (χ2v) is 5.29. The quantitative estimate of drug-likeness (QED) is 0.650. The van der Waals surface area contributed by atoms with Crippen LogP contribution in [0.5, 0.6) is 0 Å². The Bertz CT molecular complexity index is 674. The fraction of sp³-hybridized carbons (Fsp3) is 0.273. The summed E-state index contributed by atoms with van der Waals surface area (Å²) in [6.07, 6.45) is 1.51. The fourth-order valence-electron chi connectivity index (χ4n) is 1.61. The van der Waals surface area contributed by atoms with Crippen LogP contribution in [0.3, 0.4) is 0 Å². The minimum Gasteiger partial charge on any atom is -0.441 e. The first-order chi connectivity index (χ1) is 8.48. The van der Waals surface area contributed by atoms with Crippen molar-refractivity contribution in [3.8, 4) is 0 Å². The first-order valence-electron chi connectivity index (χ1n) is 5.25. The lowest BCUT2D eigenvalue weighted by Crippen LogP contribution is -2.01. The summed E-state index contributed by atoms with van der Waals surface area (Å²) in [7, 11) is -4.06. The van der Waals surface area contributed by atoms with E-state index in [1.807, 2.05) is 0 Å². The molecule has 0 fully saturated rings. The monoisotopic (exact) mass is 269 g/mol. The smallest absolute Gasteiger partial charge is 0.269 e. The van der Waals surface area contributed by atoms with Crippen molar-refractivity contribution in [3.05, 3.63) is 29.7 Å². The number of aldehydes is 1. The van der Waals surface area contributed by atoms with E-state index in [0.717, 1.165) is 6.29 Å². The lowest BCUT2D eigenvalue weighted by atomic mass is 10.2. The molecule has 0 saturated heterocycles. The highest BCUT2D eigenvalue weighted by Gasteiger charge is 2.10. The van der Waals surface area contributed by atoms with Gasteiger partial charge in [-0.15, -0.1) is 0 Å². The van der Waals surface area contributed by atoms with Crippen LogP contribution in [0.4, 0.5) is 0 Å². The molecule has 0 aliphatic rings. The average Bonchev–Trinajstić information content (AvgIpc) is 2.66. The number of aromatic nitrogens is 1. The molecular formula is C11H11NO5S. The number of fused-ring (bicyclic) bond motifs is 1. The van der Waals surface area contributed by atoms with Gasteiger partial charge in [0.1, 0.15) is 17.6 Å². The van der Waals surface area contributed by atoms with Crippen molar-refractivity contribution in [2.24, 2.45) is 0 Å². The zero-order chi connectivity index (χ0) is 13.2. The van der Waals surface area contributed by atoms with Crippen molar-refractivity contribution < 1.29 is 22.2 Å². The summed E-state index contributed by atoms with van der Waals surface area (Å²) in [4.78, 5) is 14.4. The lowest BCUT2D eigenvalue weighted by Gasteiger charge is -1.96. The van der Waals surface area contributed by atoms with Crippen LogP contribution in [0.2, 0.25) is 0 Å². The number of carbonyl (C=O) groups excluding carboxylic acids is 1. The van der Waals surface area contributed by atoms with E-state index in [4.69, 9.17) is 8.97 Å². The number of hydrogen-bond acceptors (Lipinski definition) is 5. The Labute approximate surface area is 103 Å². The molecule has 1 aromatic carbocycles. The van der Waals surface area contributed by atoms with Crippen molar-refractivity contribution in [2.45, 2.75) is 18.6 Å². The van der Waals surface area contributed by atoms with Crippen molar-refractivity contribution in [1.82, 2.24) is 4.98 Å². The molecule has 2 rings (SSSR count). The Morgan fingerprint density at radius 3 is 2.83 bits per heavy atom. The zero-order valence-corrected chi connectivity index (χ0v) is 10.2. The molecule has 0 radical (unpaired) electrons. The van der Waals surface area contributed by atoms with Crippen LogP contribution in [0.1, 0.15) is 17.9 Å². The van der Waals surface area contributed by atoms with E-state index in [0.29, 0.717) is 35.4 Å². The molecule has 0 aliphatic carbocycles. The van der Waals surface area contributed by atoms with Gasteiger partial charge in [0.15, 0.2) is 11.5 Å². The van der Waals surface area contributed by atoms with Gasteiger partial charge in [0.2, 0.25) is 0 Å². The van der Waals surface area contributed by atoms with E-state index in [1.165, 1.54) is 6.07 Å². The molecule has 0 aliphatic heterocycles. The molecule has 1 heterocycles. The zero-order valence-electron chi connectivity index (χ0n) is 9.37. The van der Waals surface area contributed by atoms with Crippen LogP contribution in [-0.4, -0.2) is 24.2 Å². The average molecular weight is 269 g/mol. The summed E-state index contributed by atoms with van der Waals surface area (Å²) >= 11 is 0. The summed E-state index contributed by atoms with van der Waals surface area (Å²) in [5, 5.41) is 0. The lowest BCUT2D eigenvalue weighted by molar-refractivity contribution is -0.107. The second-order valence-electron chi connectivity index (χ2n) is 3.84. The third-order valence-electron chi connectivity index (χ3n) is 2.32. The van der Waals surface area contributed by atoms with E-state index in [1.54, 1.807) is 12.1 Å². The molecule has 0 atom stereocenters. The maximum Gasteiger partial charge on any atom is 0.269 e. The molecule has 7 heteroatoms. The van der Waals surface area contributed by atoms with Crippen LogP contribution in [-0.2, 0) is 27.1 Å². The van der Waals surface area contributed by atoms with E-state index in [9.17, 15) is 13.2 Å². The van der Waals surface area contributed by atoms with Crippen molar-refractivity contribution in [1.29, 1.82) is 0 Å². The molecule has 0 unspecified atom stereocenters. The molecule has 18 heavy (non-hydrogen) atoms. The minimum absolute atomic E-state index is 0.324. The van der Waals surface area contributed by atoms with Gasteiger partial charge in [-0.2, -0.15) is 8.42 Å². The number of rotatable bonds is 5. The summed E-state index contributed by atoms with van der Waals surface area (Å²) in [5.41, 5.74) is 1.45. The van der Waals surface area contributed by atoms with E-state index < -0.39 is 15.9 Å². The third-order valence-corrected chi connectivity index (χ3v) is 3.02. The summed E-state index contributed by atoms with van der Waals surface area (Å²) in [5.74, 6) is -0.0334. The number of hydrogen-bond donors (Lipinski definition) is 1. The number of carbonyl (C=O) groups is 1. The van der Waals surface area contributed by atoms with Crippen molar-refractivity contribution >= 4 is 27.5 Å². The number of nitrogens with zero attached hydrogens (tertiary/aromatic N) is 1. The molecule has 1 N–H and O–H groups in total. The summed E-state index contributed by atoms with van der Waals surface area (Å²) < 4.78 is 35.6. The van der Waals surface area contributed by atoms with Gasteiger partial charge in [0.25, 0.3) is 10.1 Å². The van der Waals surface area contributed by atoms with Crippen molar-refractivity contribution in [3.63, 3.8) is 0 Å². The van der Waals surface area contributed by atoms with Crippen molar-refractivity contribution in [2.75, 3.05) is 0 Å². The number of oxazole rings is 1. The number of aryl methyl sites for hydroxylation is 1. The van der Waals surface area contributed by atoms with E-state index in [2.05, 4.69) is 4.98 Å². The Morgan fingerprint density at radius 2 is 2.17 bits per heavy atom. The standard InChI is InChI=1S/C11H11NO5S/c13-5-1-2-11-12-9-4-3-8(6-10(9)17-11)7-18(14,15)16/h3-6H,1-2,7H2,(H,14,15,16). The topological polar surface area (TPSA) is 97.5 Å². The largest absolute Gasteiger partial charge is 0.441 e. The second kappa shape index (κ2) is 4.87. The van der Waals surface area contributed by atoms with Crippen LogP contribution >= 0.6 is 0 Å². The van der Waals surface area contributed by atoms with Gasteiger partial charge in [0.05, 0.1) is 0 Å². The number of benzene rings is 1. The molecule has 0 spiro atoms. The highest BCUT2D eigenvalue weighted by molar-refractivity contribution is 7.85. The molecule has 0 bridgehead atoms. The molecule has 1 aromatic heterocycles. The first kappa shape index (κ1) is 12.7. The molecule has 6 nitrogen and oxygen atoms in total. The molecule has 0 amide bonds. The predicted molar refractivity (Wildman–Crippen MR) is 63.6 cm³/mol. The van der Waals surface area contributed by atoms with Gasteiger partial charge in [-0.05, 0) is 17.7 Å². The Hall–Kier alpha value is -1.73. The Kier molecular flexibility index (Phi) is 3.44. The van der Waals surface area contributed by atoms with Gasteiger partial charge in [-0.1, -0.05) is 6.07 Å². The normalized spacial score (nSPS) is 11.8. The van der Waals surface area contributed by atoms with Gasteiger partial charge >= 0.3 is 0 Å². The van der Waals surface area contributed by atoms with Crippen LogP contribution < -0.4 is 0 Å². The summed E-state index contributed by atoms with van der Waals surface area (Å²) in [6.45, 7) is 0. The van der Waals surface area contributed by atoms with Gasteiger partial charge < -0.3 is 9.21 Å². The van der Waals surface area contributed by atoms with E-state index >= 15 is 0 Å². The SMILES string of the molecule is O=CCCc1nc2ccc(CS(=O)(=O)O)cc2o1. The van der Waals surface area contributed by atoms with Crippen LogP contribution in [0.15, 0.2) is 22.6 Å². The predicted octanol–water partition coefficient (Wildman–Crippen LogP) is 1.35. The van der Waals surface area contributed by atoms with E-state index in [-0.39, 0.29) is 0 Å². The van der Waals surface area contributed by atoms with Crippen LogP contribution in [0, 0.1) is 0 Å². The minimum atomic E-state index is -4.06. The summed E-state index contributed by atoms with van der Waals surface area (Å²) in [6, 6.07) is 4.69. The van der Waals surface area contributed by atoms with Gasteiger partial charge in [-0.25, -0.2) is 4.98 Å². The maximum absolute atomic E-state index is 10.8. The Morgan fingerprint density at radius 1 is 1.39 bits per heavy atom. The molecular weight excluding hydrogens is 258 g/mol. The fourth-order valence-corrected chi connectivity index (χ4v) is 2.21. The van der Waals surface area contributed by atoms with Gasteiger partial charge in [-0.3, -0.25) is 4.55 Å². The Balaban J connectivity index is 2.30. The molecule has 2 aromatic rings. The highest BCUT2D eigenvalue weighted by atomic mass is 32.2.